The van der Waals surface area contributed by atoms with Crippen LogP contribution in [0.5, 0.6) is 0 Å². The van der Waals surface area contributed by atoms with E-state index in [4.69, 9.17) is 25.4 Å². The molecule has 8 heteroatoms. The first-order valence-electron chi connectivity index (χ1n) is 7.25. The Morgan fingerprint density at radius 3 is 2.83 bits per heavy atom. The minimum absolute atomic E-state index is 0.158. The number of H-pyrrole nitrogens is 1. The molecule has 0 amide bonds. The van der Waals surface area contributed by atoms with Gasteiger partial charge >= 0.3 is 5.69 Å². The largest absolute Gasteiger partial charge is 0.366 e. The fourth-order valence-electron chi connectivity index (χ4n) is 2.88. The highest BCUT2D eigenvalue weighted by Crippen LogP contribution is 2.42. The third-order valence-corrected chi connectivity index (χ3v) is 3.72. The van der Waals surface area contributed by atoms with Gasteiger partial charge < -0.3 is 18.9 Å². The quantitative estimate of drug-likeness (QED) is 0.599. The van der Waals surface area contributed by atoms with Crippen molar-refractivity contribution in [2.75, 3.05) is 13.2 Å². The molecular weight excluding hydrogens is 304 g/mol. The number of hydrogen-bond donors (Lipinski definition) is 1. The molecule has 3 heterocycles. The summed E-state index contributed by atoms with van der Waals surface area (Å²) in [6.45, 7) is 3.96. The molecule has 2 fully saturated rings. The van der Waals surface area contributed by atoms with Gasteiger partial charge in [-0.3, -0.25) is 14.3 Å². The first kappa shape index (κ1) is 16.0. The van der Waals surface area contributed by atoms with E-state index in [9.17, 15) is 9.59 Å². The van der Waals surface area contributed by atoms with E-state index in [0.29, 0.717) is 0 Å². The topological polar surface area (TPSA) is 91.8 Å². The summed E-state index contributed by atoms with van der Waals surface area (Å²) in [5.74, 6) is 1.58. The van der Waals surface area contributed by atoms with Crippen LogP contribution in [0.25, 0.3) is 0 Å². The second-order valence-electron chi connectivity index (χ2n) is 5.87. The van der Waals surface area contributed by atoms with Gasteiger partial charge in [-0.05, 0) is 13.8 Å². The van der Waals surface area contributed by atoms with Gasteiger partial charge in [-0.15, -0.1) is 6.42 Å². The molecule has 1 N–H and O–H groups in total. The molecule has 2 aliphatic rings. The first-order valence-corrected chi connectivity index (χ1v) is 7.25. The molecule has 2 unspecified atom stereocenters. The van der Waals surface area contributed by atoms with Crippen LogP contribution in [0.1, 0.15) is 20.1 Å². The van der Waals surface area contributed by atoms with Gasteiger partial charge in [0.15, 0.2) is 12.0 Å². The summed E-state index contributed by atoms with van der Waals surface area (Å²) in [7, 11) is 0. The Morgan fingerprint density at radius 2 is 2.13 bits per heavy atom. The molecule has 0 bridgehead atoms. The Kier molecular flexibility index (Phi) is 4.12. The minimum Gasteiger partial charge on any atom is -0.366 e. The first-order chi connectivity index (χ1) is 10.9. The molecule has 4 atom stereocenters. The Hall–Kier alpha value is -1.92. The van der Waals surface area contributed by atoms with Crippen LogP contribution >= 0.6 is 0 Å². The predicted molar refractivity (Wildman–Crippen MR) is 78.7 cm³/mol. The normalized spacial score (nSPS) is 31.7. The predicted octanol–water partition coefficient (Wildman–Crippen LogP) is -0.396. The van der Waals surface area contributed by atoms with Crippen molar-refractivity contribution in [2.45, 2.75) is 44.2 Å². The lowest BCUT2D eigenvalue weighted by molar-refractivity contribution is -0.202. The lowest BCUT2D eigenvalue weighted by atomic mass is 10.1. The summed E-state index contributed by atoms with van der Waals surface area (Å²) >= 11 is 0. The van der Waals surface area contributed by atoms with Gasteiger partial charge in [-0.1, -0.05) is 5.92 Å². The van der Waals surface area contributed by atoms with Crippen LogP contribution in [-0.2, 0) is 18.9 Å². The molecule has 23 heavy (non-hydrogen) atoms. The number of aromatic nitrogens is 2. The number of rotatable bonds is 4. The molecule has 2 saturated heterocycles. The van der Waals surface area contributed by atoms with Crippen LogP contribution in [-0.4, -0.2) is 46.9 Å². The highest BCUT2D eigenvalue weighted by Gasteiger charge is 2.56. The average molecular weight is 322 g/mol. The molecule has 0 radical (unpaired) electrons. The molecule has 124 valence electrons. The lowest BCUT2D eigenvalue weighted by Crippen LogP contribution is -2.37. The Bertz CT molecular complexity index is 730. The van der Waals surface area contributed by atoms with Crippen LogP contribution in [0.3, 0.4) is 0 Å². The van der Waals surface area contributed by atoms with Crippen LogP contribution in [0.4, 0.5) is 0 Å². The second-order valence-corrected chi connectivity index (χ2v) is 5.87. The van der Waals surface area contributed by atoms with Crippen molar-refractivity contribution in [3.63, 3.8) is 0 Å². The maximum absolute atomic E-state index is 12.0. The molecule has 2 aliphatic heterocycles. The third-order valence-electron chi connectivity index (χ3n) is 3.72. The van der Waals surface area contributed by atoms with Gasteiger partial charge in [-0.25, -0.2) is 4.79 Å². The molecule has 0 saturated carbocycles. The zero-order valence-corrected chi connectivity index (χ0v) is 12.9. The Labute approximate surface area is 132 Å². The van der Waals surface area contributed by atoms with Crippen LogP contribution in [0.2, 0.25) is 0 Å². The van der Waals surface area contributed by atoms with E-state index in [1.807, 2.05) is 0 Å². The highest BCUT2D eigenvalue weighted by atomic mass is 16.8. The van der Waals surface area contributed by atoms with Crippen molar-refractivity contribution >= 4 is 0 Å². The Morgan fingerprint density at radius 1 is 1.39 bits per heavy atom. The van der Waals surface area contributed by atoms with Gasteiger partial charge in [0.05, 0.1) is 6.61 Å². The zero-order valence-electron chi connectivity index (χ0n) is 12.9. The monoisotopic (exact) mass is 322 g/mol. The minimum atomic E-state index is -0.798. The van der Waals surface area contributed by atoms with E-state index in [-0.39, 0.29) is 13.2 Å². The standard InChI is InChI=1S/C15H18N2O6/c1-4-7-20-8-9-11-12(23-15(2,3)22-11)13(21-9)17-6-5-10(18)16-14(17)19/h1,5-6,9,11-13H,7-8H2,2-3H3,(H,16,18,19)/t9-,11?,12?,13-/m1/s1. The molecule has 3 rings (SSSR count). The summed E-state index contributed by atoms with van der Waals surface area (Å²) in [5.41, 5.74) is -1.04. The second kappa shape index (κ2) is 5.94. The molecule has 0 spiro atoms. The summed E-state index contributed by atoms with van der Waals surface area (Å²) < 4.78 is 24.2. The van der Waals surface area contributed by atoms with E-state index in [0.717, 1.165) is 0 Å². The van der Waals surface area contributed by atoms with Gasteiger partial charge in [0.1, 0.15) is 24.9 Å². The van der Waals surface area contributed by atoms with Crippen molar-refractivity contribution in [3.8, 4) is 12.3 Å². The van der Waals surface area contributed by atoms with Crippen LogP contribution < -0.4 is 11.2 Å². The number of terminal acetylenes is 1. The van der Waals surface area contributed by atoms with Crippen molar-refractivity contribution in [1.82, 2.24) is 9.55 Å². The number of nitrogens with one attached hydrogen (secondary N) is 1. The average Bonchev–Trinajstić information content (AvgIpc) is 2.94. The van der Waals surface area contributed by atoms with Crippen molar-refractivity contribution in [2.24, 2.45) is 0 Å². The molecular formula is C15H18N2O6. The van der Waals surface area contributed by atoms with Gasteiger partial charge in [-0.2, -0.15) is 0 Å². The summed E-state index contributed by atoms with van der Waals surface area (Å²) in [4.78, 5) is 25.4. The van der Waals surface area contributed by atoms with Gasteiger partial charge in [0, 0.05) is 12.3 Å². The van der Waals surface area contributed by atoms with E-state index < -0.39 is 41.6 Å². The number of nitrogens with zero attached hydrogens (tertiary/aromatic N) is 1. The Balaban J connectivity index is 1.87. The summed E-state index contributed by atoms with van der Waals surface area (Å²) in [5, 5.41) is 0. The summed E-state index contributed by atoms with van der Waals surface area (Å²) in [6, 6.07) is 1.25. The number of hydrogen-bond acceptors (Lipinski definition) is 6. The van der Waals surface area contributed by atoms with E-state index >= 15 is 0 Å². The van der Waals surface area contributed by atoms with Gasteiger partial charge in [0.2, 0.25) is 0 Å². The molecule has 1 aromatic heterocycles. The number of fused-ring (bicyclic) bond motifs is 1. The third kappa shape index (κ3) is 3.09. The van der Waals surface area contributed by atoms with Crippen molar-refractivity contribution < 1.29 is 18.9 Å². The molecule has 1 aromatic rings. The van der Waals surface area contributed by atoms with Crippen LogP contribution in [0, 0.1) is 12.3 Å². The van der Waals surface area contributed by atoms with E-state index in [2.05, 4.69) is 10.9 Å². The maximum atomic E-state index is 12.0. The molecule has 0 aromatic carbocycles. The molecule has 8 nitrogen and oxygen atoms in total. The number of aromatic amines is 1. The van der Waals surface area contributed by atoms with E-state index in [1.54, 1.807) is 13.8 Å². The lowest BCUT2D eigenvalue weighted by Gasteiger charge is -2.24. The smallest absolute Gasteiger partial charge is 0.330 e. The summed E-state index contributed by atoms with van der Waals surface area (Å²) in [6.07, 6.45) is 4.50. The van der Waals surface area contributed by atoms with Gasteiger partial charge in [0.25, 0.3) is 5.56 Å². The highest BCUT2D eigenvalue weighted by molar-refractivity contribution is 4.99. The number of ether oxygens (including phenoxy) is 4. The van der Waals surface area contributed by atoms with E-state index in [1.165, 1.54) is 16.8 Å². The van der Waals surface area contributed by atoms with Crippen LogP contribution in [0.15, 0.2) is 21.9 Å². The zero-order chi connectivity index (χ0) is 16.6. The van der Waals surface area contributed by atoms with Crippen molar-refractivity contribution in [1.29, 1.82) is 0 Å². The van der Waals surface area contributed by atoms with Crippen molar-refractivity contribution in [3.05, 3.63) is 33.1 Å². The molecule has 0 aliphatic carbocycles. The fourth-order valence-corrected chi connectivity index (χ4v) is 2.88. The SMILES string of the molecule is C#CCOC[C@H]1O[C@@H](n2ccc(=O)[nH]c2=O)C2OC(C)(C)OC21. The fraction of sp³-hybridized carbons (Fsp3) is 0.600. The maximum Gasteiger partial charge on any atom is 0.330 e.